The van der Waals surface area contributed by atoms with Gasteiger partial charge in [0.05, 0.1) is 18.3 Å². The van der Waals surface area contributed by atoms with Crippen LogP contribution in [0.4, 0.5) is 14.5 Å². The van der Waals surface area contributed by atoms with Crippen LogP contribution in [0.2, 0.25) is 0 Å². The fraction of sp³-hybridized carbons (Fsp3) is 0.439. The molecule has 0 spiro atoms. The maximum atomic E-state index is 15.1. The normalized spacial score (nSPS) is 13.7. The van der Waals surface area contributed by atoms with Crippen LogP contribution in [-0.2, 0) is 35.3 Å². The minimum atomic E-state index is -0.973. The Bertz CT molecular complexity index is 1990. The van der Waals surface area contributed by atoms with E-state index in [0.717, 1.165) is 23.1 Å². The predicted molar refractivity (Wildman–Crippen MR) is 211 cm³/mol. The number of halogens is 2. The monoisotopic (exact) mass is 806 g/mol. The van der Waals surface area contributed by atoms with Gasteiger partial charge in [-0.05, 0) is 74.0 Å². The molecule has 4 rings (SSSR count). The molecule has 1 aromatic heterocycles. The van der Waals surface area contributed by atoms with Crippen molar-refractivity contribution in [2.45, 2.75) is 78.4 Å². The lowest BCUT2D eigenvalue weighted by Gasteiger charge is -2.40. The van der Waals surface area contributed by atoms with Gasteiger partial charge in [-0.25, -0.2) is 13.8 Å². The molecule has 2 heterocycles. The van der Waals surface area contributed by atoms with Gasteiger partial charge in [0.25, 0.3) is 11.8 Å². The van der Waals surface area contributed by atoms with Gasteiger partial charge in [-0.15, -0.1) is 0 Å². The molecule has 1 aliphatic heterocycles. The van der Waals surface area contributed by atoms with Crippen molar-refractivity contribution < 1.29 is 42.7 Å². The van der Waals surface area contributed by atoms with Gasteiger partial charge >= 0.3 is 0 Å². The lowest BCUT2D eigenvalue weighted by atomic mass is 9.84. The SMILES string of the molecule is C[C@H](NC(=O)CNC(=O)CCCCCN1C(=O)C=CC1=O)C(=O)Nc1cccc(Cn2cc(-c3cc(F)ccc3F)nc2[C@H](N(CCCN)C(=O)CO)C(C)(C)C)c1. The Labute approximate surface area is 336 Å². The van der Waals surface area contributed by atoms with Gasteiger partial charge in [-0.1, -0.05) is 39.3 Å². The molecule has 6 amide bonds. The second kappa shape index (κ2) is 20.6. The number of benzene rings is 2. The number of anilines is 1. The molecule has 0 radical (unpaired) electrons. The number of imidazole rings is 1. The first-order chi connectivity index (χ1) is 27.5. The predicted octanol–water partition coefficient (Wildman–Crippen LogP) is 3.18. The number of carbonyl (C=O) groups excluding carboxylic acids is 6. The number of aliphatic hydroxyl groups excluding tert-OH is 1. The lowest BCUT2D eigenvalue weighted by molar-refractivity contribution is -0.140. The van der Waals surface area contributed by atoms with Gasteiger partial charge in [0.15, 0.2) is 0 Å². The van der Waals surface area contributed by atoms with Crippen LogP contribution in [-0.4, -0.2) is 98.7 Å². The van der Waals surface area contributed by atoms with E-state index in [1.165, 1.54) is 24.0 Å². The molecule has 17 heteroatoms. The Kier molecular flexibility index (Phi) is 15.9. The van der Waals surface area contributed by atoms with Gasteiger partial charge in [-0.2, -0.15) is 0 Å². The van der Waals surface area contributed by atoms with Gasteiger partial charge < -0.3 is 36.3 Å². The quantitative estimate of drug-likeness (QED) is 0.0838. The molecule has 58 heavy (non-hydrogen) atoms. The summed E-state index contributed by atoms with van der Waals surface area (Å²) in [5.74, 6) is -3.71. The number of nitrogens with one attached hydrogen (secondary N) is 3. The summed E-state index contributed by atoms with van der Waals surface area (Å²) in [5, 5.41) is 17.8. The largest absolute Gasteiger partial charge is 0.387 e. The maximum absolute atomic E-state index is 15.1. The molecule has 0 unspecified atom stereocenters. The standard InChI is InChI=1S/C41H52F2N8O7/c1-26(46-34(54)22-45-33(53)12-6-5-7-18-50-35(55)15-16-36(50)56)40(58)47-29-11-8-10-27(20-29)23-49-24-32(30-21-28(42)13-14-31(30)43)48-39(49)38(41(2,3)4)51(19-9-17-44)37(57)25-52/h8,10-11,13-16,20-21,24,26,38,52H,5-7,9,12,17-19,22-23,25,44H2,1-4H3,(H,45,53)(H,46,54)(H,47,58)/t26-,38-/m0/s1. The summed E-state index contributed by atoms with van der Waals surface area (Å²) >= 11 is 0. The highest BCUT2D eigenvalue weighted by Gasteiger charge is 2.38. The Morgan fingerprint density at radius 2 is 1.69 bits per heavy atom. The Hall–Kier alpha value is -5.81. The number of unbranched alkanes of at least 4 members (excludes halogenated alkanes) is 2. The molecule has 0 fully saturated rings. The highest BCUT2D eigenvalue weighted by molar-refractivity contribution is 6.12. The number of nitrogens with two attached hydrogens (primary N) is 1. The lowest BCUT2D eigenvalue weighted by Crippen LogP contribution is -2.45. The number of rotatable bonds is 20. The molecule has 1 aliphatic rings. The van der Waals surface area contributed by atoms with Crippen LogP contribution in [0.15, 0.2) is 60.8 Å². The number of amides is 6. The summed E-state index contributed by atoms with van der Waals surface area (Å²) in [7, 11) is 0. The Balaban J connectivity index is 1.42. The zero-order valence-corrected chi connectivity index (χ0v) is 33.2. The molecule has 6 N–H and O–H groups in total. The van der Waals surface area contributed by atoms with Crippen LogP contribution in [0.25, 0.3) is 11.3 Å². The van der Waals surface area contributed by atoms with Crippen molar-refractivity contribution in [1.82, 2.24) is 30.0 Å². The number of hydrogen-bond acceptors (Lipinski definition) is 9. The summed E-state index contributed by atoms with van der Waals surface area (Å²) in [6, 6.07) is 8.21. The van der Waals surface area contributed by atoms with Crippen molar-refractivity contribution >= 4 is 41.1 Å². The third-order valence-corrected chi connectivity index (χ3v) is 9.40. The number of carbonyl (C=O) groups is 6. The first-order valence-corrected chi connectivity index (χ1v) is 19.1. The van der Waals surface area contributed by atoms with Crippen LogP contribution < -0.4 is 21.7 Å². The smallest absolute Gasteiger partial charge is 0.253 e. The Morgan fingerprint density at radius 3 is 2.36 bits per heavy atom. The molecular weight excluding hydrogens is 754 g/mol. The molecule has 2 atom stereocenters. The van der Waals surface area contributed by atoms with E-state index < -0.39 is 53.5 Å². The molecule has 0 saturated carbocycles. The molecule has 0 aliphatic carbocycles. The number of aliphatic hydroxyl groups is 1. The summed E-state index contributed by atoms with van der Waals surface area (Å²) in [6.07, 6.45) is 6.24. The van der Waals surface area contributed by atoms with E-state index in [1.54, 1.807) is 35.0 Å². The highest BCUT2D eigenvalue weighted by atomic mass is 19.1. The van der Waals surface area contributed by atoms with E-state index in [4.69, 9.17) is 10.7 Å². The van der Waals surface area contributed by atoms with Crippen LogP contribution in [0.1, 0.15) is 77.2 Å². The molecule has 3 aromatic rings. The average Bonchev–Trinajstić information content (AvgIpc) is 3.72. The molecule has 312 valence electrons. The molecule has 0 saturated heterocycles. The minimum absolute atomic E-state index is 0.0769. The molecule has 2 aromatic carbocycles. The fourth-order valence-corrected chi connectivity index (χ4v) is 6.55. The van der Waals surface area contributed by atoms with Crippen molar-refractivity contribution in [2.24, 2.45) is 11.1 Å². The number of imide groups is 1. The molecular formula is C41H52F2N8O7. The number of nitrogens with zero attached hydrogens (tertiary/aromatic N) is 4. The van der Waals surface area contributed by atoms with Crippen LogP contribution in [0, 0.1) is 17.0 Å². The third kappa shape index (κ3) is 12.3. The Morgan fingerprint density at radius 1 is 0.966 bits per heavy atom. The first kappa shape index (κ1) is 44.9. The van der Waals surface area contributed by atoms with Crippen molar-refractivity contribution in [1.29, 1.82) is 0 Å². The second-order valence-corrected chi connectivity index (χ2v) is 15.1. The zero-order chi connectivity index (χ0) is 42.6. The van der Waals surface area contributed by atoms with Gasteiger partial charge in [0.2, 0.25) is 23.6 Å². The highest BCUT2D eigenvalue weighted by Crippen LogP contribution is 2.39. The van der Waals surface area contributed by atoms with Crippen LogP contribution in [0.3, 0.4) is 0 Å². The van der Waals surface area contributed by atoms with Crippen molar-refractivity contribution in [3.63, 3.8) is 0 Å². The van der Waals surface area contributed by atoms with Crippen molar-refractivity contribution in [3.05, 3.63) is 83.8 Å². The van der Waals surface area contributed by atoms with Crippen molar-refractivity contribution in [3.8, 4) is 11.3 Å². The second-order valence-electron chi connectivity index (χ2n) is 15.1. The molecule has 0 bridgehead atoms. The summed E-state index contributed by atoms with van der Waals surface area (Å²) in [4.78, 5) is 81.7. The van der Waals surface area contributed by atoms with E-state index in [2.05, 4.69) is 16.0 Å². The van der Waals surface area contributed by atoms with E-state index in [1.807, 2.05) is 20.8 Å². The average molecular weight is 807 g/mol. The maximum Gasteiger partial charge on any atom is 0.253 e. The van der Waals surface area contributed by atoms with E-state index in [0.29, 0.717) is 42.8 Å². The van der Waals surface area contributed by atoms with Gasteiger partial charge in [0, 0.05) is 55.7 Å². The van der Waals surface area contributed by atoms with Crippen LogP contribution in [0.5, 0.6) is 0 Å². The summed E-state index contributed by atoms with van der Waals surface area (Å²) in [6.45, 7) is 7.00. The third-order valence-electron chi connectivity index (χ3n) is 9.40. The zero-order valence-electron chi connectivity index (χ0n) is 33.2. The van der Waals surface area contributed by atoms with E-state index in [9.17, 15) is 38.3 Å². The van der Waals surface area contributed by atoms with Gasteiger partial charge in [0.1, 0.15) is 30.1 Å². The number of hydrogen-bond donors (Lipinski definition) is 5. The topological polar surface area (TPSA) is 209 Å². The van der Waals surface area contributed by atoms with Gasteiger partial charge in [-0.3, -0.25) is 33.7 Å². The fourth-order valence-electron chi connectivity index (χ4n) is 6.55. The van der Waals surface area contributed by atoms with E-state index in [-0.39, 0.29) is 68.1 Å². The summed E-state index contributed by atoms with van der Waals surface area (Å²) in [5.41, 5.74) is 6.26. The first-order valence-electron chi connectivity index (χ1n) is 19.1. The minimum Gasteiger partial charge on any atom is -0.387 e. The van der Waals surface area contributed by atoms with Crippen molar-refractivity contribution in [2.75, 3.05) is 38.1 Å². The molecule has 15 nitrogen and oxygen atoms in total. The van der Waals surface area contributed by atoms with E-state index >= 15 is 4.39 Å². The number of aromatic nitrogens is 2. The van der Waals surface area contributed by atoms with Crippen LogP contribution >= 0.6 is 0 Å². The summed E-state index contributed by atoms with van der Waals surface area (Å²) < 4.78 is 31.1.